The predicted octanol–water partition coefficient (Wildman–Crippen LogP) is 3.65. The molecule has 0 amide bonds. The van der Waals surface area contributed by atoms with Gasteiger partial charge in [0, 0.05) is 12.4 Å². The first-order valence-electron chi connectivity index (χ1n) is 8.57. The van der Waals surface area contributed by atoms with Crippen molar-refractivity contribution < 1.29 is 9.90 Å². The van der Waals surface area contributed by atoms with Crippen molar-refractivity contribution in [1.29, 1.82) is 0 Å². The first-order valence-corrected chi connectivity index (χ1v) is 8.57. The molecule has 0 atom stereocenters. The van der Waals surface area contributed by atoms with Crippen molar-refractivity contribution in [1.82, 2.24) is 14.5 Å². The fourth-order valence-electron chi connectivity index (χ4n) is 2.93. The van der Waals surface area contributed by atoms with E-state index in [9.17, 15) is 14.7 Å². The number of para-hydroxylation sites is 1. The summed E-state index contributed by atoms with van der Waals surface area (Å²) in [6.07, 6.45) is 6.91. The Morgan fingerprint density at radius 2 is 1.86 bits per heavy atom. The van der Waals surface area contributed by atoms with Crippen LogP contribution in [0.25, 0.3) is 28.7 Å². The minimum atomic E-state index is -1.06. The van der Waals surface area contributed by atoms with Gasteiger partial charge in [-0.1, -0.05) is 24.3 Å². The number of carbonyl (C=O) groups is 1. The zero-order valence-corrected chi connectivity index (χ0v) is 14.7. The summed E-state index contributed by atoms with van der Waals surface area (Å²) in [5.41, 5.74) is 1.70. The summed E-state index contributed by atoms with van der Waals surface area (Å²) in [5, 5.41) is 9.75. The molecule has 136 valence electrons. The molecule has 1 N–H and O–H groups in total. The van der Waals surface area contributed by atoms with Crippen molar-refractivity contribution in [3.63, 3.8) is 0 Å². The largest absolute Gasteiger partial charge is 0.478 e. The van der Waals surface area contributed by atoms with Crippen molar-refractivity contribution in [2.45, 2.75) is 0 Å². The normalized spacial score (nSPS) is 11.1. The highest BCUT2D eigenvalue weighted by molar-refractivity contribution is 5.88. The lowest BCUT2D eigenvalue weighted by Crippen LogP contribution is -2.22. The van der Waals surface area contributed by atoms with Crippen molar-refractivity contribution in [3.05, 3.63) is 100 Å². The van der Waals surface area contributed by atoms with Crippen LogP contribution in [0.15, 0.2) is 77.9 Å². The van der Waals surface area contributed by atoms with E-state index in [1.807, 2.05) is 18.2 Å². The van der Waals surface area contributed by atoms with E-state index in [0.29, 0.717) is 22.4 Å². The van der Waals surface area contributed by atoms with E-state index >= 15 is 0 Å². The van der Waals surface area contributed by atoms with E-state index in [4.69, 9.17) is 0 Å². The van der Waals surface area contributed by atoms with Crippen molar-refractivity contribution >= 4 is 29.0 Å². The Bertz CT molecular complexity index is 1260. The summed E-state index contributed by atoms with van der Waals surface area (Å²) >= 11 is 0. The van der Waals surface area contributed by atoms with Crippen LogP contribution in [0, 0.1) is 0 Å². The van der Waals surface area contributed by atoms with Crippen LogP contribution in [0.5, 0.6) is 0 Å². The van der Waals surface area contributed by atoms with Gasteiger partial charge in [0.25, 0.3) is 5.56 Å². The molecule has 0 saturated heterocycles. The number of aromatic nitrogens is 3. The molecular weight excluding hydrogens is 354 g/mol. The summed E-state index contributed by atoms with van der Waals surface area (Å²) in [6.45, 7) is 0. The maximum absolute atomic E-state index is 13.2. The molecule has 4 rings (SSSR count). The molecule has 0 aliphatic heterocycles. The molecule has 4 aromatic rings. The highest BCUT2D eigenvalue weighted by atomic mass is 16.4. The third kappa shape index (κ3) is 3.31. The number of hydrogen-bond donors (Lipinski definition) is 1. The topological polar surface area (TPSA) is 85.1 Å². The Morgan fingerprint density at radius 1 is 1.00 bits per heavy atom. The molecule has 0 spiro atoms. The van der Waals surface area contributed by atoms with Crippen LogP contribution in [-0.4, -0.2) is 25.6 Å². The highest BCUT2D eigenvalue weighted by Gasteiger charge is 2.12. The average Bonchev–Trinajstić information content (AvgIpc) is 2.73. The fraction of sp³-hybridized carbons (Fsp3) is 0. The summed E-state index contributed by atoms with van der Waals surface area (Å²) < 4.78 is 1.42. The van der Waals surface area contributed by atoms with Gasteiger partial charge >= 0.3 is 5.97 Å². The minimum Gasteiger partial charge on any atom is -0.478 e. The van der Waals surface area contributed by atoms with Crippen LogP contribution in [-0.2, 0) is 0 Å². The first kappa shape index (κ1) is 17.4. The molecule has 6 nitrogen and oxygen atoms in total. The van der Waals surface area contributed by atoms with Gasteiger partial charge in [-0.2, -0.15) is 0 Å². The third-order valence-corrected chi connectivity index (χ3v) is 4.26. The number of aromatic carboxylic acids is 1. The molecule has 0 saturated carbocycles. The second-order valence-corrected chi connectivity index (χ2v) is 6.10. The Kier molecular flexibility index (Phi) is 4.51. The van der Waals surface area contributed by atoms with Crippen molar-refractivity contribution in [2.75, 3.05) is 0 Å². The van der Waals surface area contributed by atoms with Crippen LogP contribution in [0.2, 0.25) is 0 Å². The Labute approximate surface area is 160 Å². The smallest absolute Gasteiger partial charge is 0.335 e. The summed E-state index contributed by atoms with van der Waals surface area (Å²) in [5.74, 6) is -0.661. The van der Waals surface area contributed by atoms with Crippen LogP contribution in [0.1, 0.15) is 21.7 Å². The number of carboxylic acid groups (broad SMARTS) is 1. The van der Waals surface area contributed by atoms with Gasteiger partial charge in [0.05, 0.1) is 22.2 Å². The molecule has 28 heavy (non-hydrogen) atoms. The molecular formula is C22H15N3O3. The summed E-state index contributed by atoms with van der Waals surface area (Å²) in [6, 6.07) is 17.0. The van der Waals surface area contributed by atoms with Gasteiger partial charge < -0.3 is 5.11 Å². The van der Waals surface area contributed by atoms with E-state index in [0.717, 1.165) is 5.56 Å². The van der Waals surface area contributed by atoms with Crippen LogP contribution in [0.3, 0.4) is 0 Å². The zero-order chi connectivity index (χ0) is 19.5. The molecule has 0 unspecified atom stereocenters. The van der Waals surface area contributed by atoms with E-state index in [-0.39, 0.29) is 11.1 Å². The summed E-state index contributed by atoms with van der Waals surface area (Å²) in [4.78, 5) is 33.2. The highest BCUT2D eigenvalue weighted by Crippen LogP contribution is 2.16. The molecule has 2 heterocycles. The van der Waals surface area contributed by atoms with Gasteiger partial charge in [-0.25, -0.2) is 9.78 Å². The van der Waals surface area contributed by atoms with Gasteiger partial charge in [0.15, 0.2) is 0 Å². The maximum atomic E-state index is 13.2. The standard InChI is InChI=1S/C22H15N3O3/c26-21-18-8-1-2-9-19(18)24-20(11-10-15-5-4-12-23-14-15)25(21)17-7-3-6-16(13-17)22(27)28/h1-14H,(H,27,28)/b11-10+. The number of nitrogens with zero attached hydrogens (tertiary/aromatic N) is 3. The number of benzene rings is 2. The number of hydrogen-bond acceptors (Lipinski definition) is 4. The van der Waals surface area contributed by atoms with Crippen LogP contribution >= 0.6 is 0 Å². The van der Waals surface area contributed by atoms with Gasteiger partial charge in [-0.3, -0.25) is 14.3 Å². The van der Waals surface area contributed by atoms with Crippen LogP contribution < -0.4 is 5.56 Å². The lowest BCUT2D eigenvalue weighted by atomic mass is 10.2. The predicted molar refractivity (Wildman–Crippen MR) is 107 cm³/mol. The maximum Gasteiger partial charge on any atom is 0.335 e. The van der Waals surface area contributed by atoms with E-state index in [2.05, 4.69) is 9.97 Å². The monoisotopic (exact) mass is 369 g/mol. The molecule has 2 aromatic carbocycles. The first-order chi connectivity index (χ1) is 13.6. The average molecular weight is 369 g/mol. The summed E-state index contributed by atoms with van der Waals surface area (Å²) in [7, 11) is 0. The molecule has 0 aliphatic rings. The molecule has 0 fully saturated rings. The molecule has 0 bridgehead atoms. The van der Waals surface area contributed by atoms with Gasteiger partial charge in [-0.15, -0.1) is 0 Å². The number of rotatable bonds is 4. The quantitative estimate of drug-likeness (QED) is 0.593. The number of carboxylic acids is 1. The zero-order valence-electron chi connectivity index (χ0n) is 14.7. The van der Waals surface area contributed by atoms with Gasteiger partial charge in [0.2, 0.25) is 0 Å². The molecule has 2 aromatic heterocycles. The van der Waals surface area contributed by atoms with Gasteiger partial charge in [-0.05, 0) is 54.1 Å². The van der Waals surface area contributed by atoms with E-state index in [1.54, 1.807) is 54.9 Å². The fourth-order valence-corrected chi connectivity index (χ4v) is 2.93. The lowest BCUT2D eigenvalue weighted by Gasteiger charge is -2.12. The second kappa shape index (κ2) is 7.28. The Morgan fingerprint density at radius 3 is 2.64 bits per heavy atom. The third-order valence-electron chi connectivity index (χ3n) is 4.26. The van der Waals surface area contributed by atoms with Crippen LogP contribution in [0.4, 0.5) is 0 Å². The molecule has 0 aliphatic carbocycles. The molecule has 0 radical (unpaired) electrons. The number of pyridine rings is 1. The Balaban J connectivity index is 1.96. The SMILES string of the molecule is O=C(O)c1cccc(-n2c(/C=C/c3cccnc3)nc3ccccc3c2=O)c1. The Hall–Kier alpha value is -4.06. The number of fused-ring (bicyclic) bond motifs is 1. The van der Waals surface area contributed by atoms with Crippen molar-refractivity contribution in [3.8, 4) is 5.69 Å². The van der Waals surface area contributed by atoms with Gasteiger partial charge in [0.1, 0.15) is 5.82 Å². The van der Waals surface area contributed by atoms with Crippen molar-refractivity contribution in [2.24, 2.45) is 0 Å². The van der Waals surface area contributed by atoms with E-state index in [1.165, 1.54) is 16.7 Å². The van der Waals surface area contributed by atoms with E-state index < -0.39 is 5.97 Å². The minimum absolute atomic E-state index is 0.0970. The molecule has 6 heteroatoms. The second-order valence-electron chi connectivity index (χ2n) is 6.10. The lowest BCUT2D eigenvalue weighted by molar-refractivity contribution is 0.0697.